The maximum atomic E-state index is 12.6. The Hall–Kier alpha value is -1.95. The van der Waals surface area contributed by atoms with E-state index in [1.807, 2.05) is 4.90 Å². The average molecular weight is 303 g/mol. The highest BCUT2D eigenvalue weighted by atomic mass is 16.6. The smallest absolute Gasteiger partial charge is 0.269 e. The number of hydrogen-bond donors (Lipinski definition) is 0. The second-order valence-corrected chi connectivity index (χ2v) is 6.36. The van der Waals surface area contributed by atoms with Gasteiger partial charge in [-0.05, 0) is 37.9 Å². The number of likely N-dealkylation sites (N-methyl/N-ethyl adjacent to an activating group) is 1. The first-order valence-electron chi connectivity index (χ1n) is 7.76. The van der Waals surface area contributed by atoms with Crippen molar-refractivity contribution in [2.45, 2.75) is 25.3 Å². The van der Waals surface area contributed by atoms with E-state index in [0.717, 1.165) is 32.5 Å². The monoisotopic (exact) mass is 303 g/mol. The Morgan fingerprint density at radius 2 is 2.14 bits per heavy atom. The van der Waals surface area contributed by atoms with Crippen LogP contribution in [0.5, 0.6) is 0 Å². The third kappa shape index (κ3) is 2.97. The minimum Gasteiger partial charge on any atom is -0.338 e. The molecule has 0 radical (unpaired) electrons. The third-order valence-electron chi connectivity index (χ3n) is 4.86. The first-order chi connectivity index (χ1) is 10.5. The summed E-state index contributed by atoms with van der Waals surface area (Å²) in [7, 11) is 2.09. The van der Waals surface area contributed by atoms with E-state index >= 15 is 0 Å². The van der Waals surface area contributed by atoms with Crippen LogP contribution in [0, 0.1) is 16.0 Å². The van der Waals surface area contributed by atoms with Gasteiger partial charge in [-0.2, -0.15) is 0 Å². The summed E-state index contributed by atoms with van der Waals surface area (Å²) in [5.74, 6) is 0.702. The lowest BCUT2D eigenvalue weighted by Gasteiger charge is -2.36. The zero-order valence-electron chi connectivity index (χ0n) is 12.8. The van der Waals surface area contributed by atoms with Gasteiger partial charge in [0.2, 0.25) is 5.91 Å². The highest BCUT2D eigenvalue weighted by Gasteiger charge is 2.39. The second kappa shape index (κ2) is 6.04. The summed E-state index contributed by atoms with van der Waals surface area (Å²) in [6.07, 6.45) is 2.48. The van der Waals surface area contributed by atoms with Crippen molar-refractivity contribution in [3.63, 3.8) is 0 Å². The number of likely N-dealkylation sites (tertiary alicyclic amines) is 2. The molecule has 0 bridgehead atoms. The maximum Gasteiger partial charge on any atom is 0.269 e. The molecule has 0 spiro atoms. The molecule has 2 fully saturated rings. The number of benzene rings is 1. The Morgan fingerprint density at radius 1 is 1.36 bits per heavy atom. The van der Waals surface area contributed by atoms with E-state index in [1.165, 1.54) is 12.1 Å². The Bertz CT molecular complexity index is 590. The Labute approximate surface area is 129 Å². The first-order valence-corrected chi connectivity index (χ1v) is 7.76. The van der Waals surface area contributed by atoms with E-state index in [1.54, 1.807) is 12.1 Å². The van der Waals surface area contributed by atoms with Gasteiger partial charge < -0.3 is 9.80 Å². The lowest BCUT2D eigenvalue weighted by molar-refractivity contribution is -0.384. The van der Waals surface area contributed by atoms with Gasteiger partial charge >= 0.3 is 0 Å². The summed E-state index contributed by atoms with van der Waals surface area (Å²) in [4.78, 5) is 27.3. The predicted molar refractivity (Wildman–Crippen MR) is 82.5 cm³/mol. The Morgan fingerprint density at radius 3 is 2.91 bits per heavy atom. The van der Waals surface area contributed by atoms with E-state index in [0.29, 0.717) is 17.5 Å². The zero-order valence-corrected chi connectivity index (χ0v) is 12.8. The maximum absolute atomic E-state index is 12.6. The number of hydrogen-bond acceptors (Lipinski definition) is 4. The van der Waals surface area contributed by atoms with E-state index in [2.05, 4.69) is 11.9 Å². The van der Waals surface area contributed by atoms with Crippen molar-refractivity contribution in [3.8, 4) is 0 Å². The van der Waals surface area contributed by atoms with E-state index in [4.69, 9.17) is 0 Å². The van der Waals surface area contributed by atoms with Gasteiger partial charge in [0, 0.05) is 31.3 Å². The van der Waals surface area contributed by atoms with Crippen molar-refractivity contribution >= 4 is 11.6 Å². The number of nitro groups is 1. The minimum absolute atomic E-state index is 0.0435. The normalized spacial score (nSPS) is 25.0. The molecule has 2 aliphatic heterocycles. The van der Waals surface area contributed by atoms with Crippen LogP contribution >= 0.6 is 0 Å². The summed E-state index contributed by atoms with van der Waals surface area (Å²) in [6, 6.07) is 6.69. The number of amides is 1. The summed E-state index contributed by atoms with van der Waals surface area (Å²) >= 11 is 0. The predicted octanol–water partition coefficient (Wildman–Crippen LogP) is 1.69. The second-order valence-electron chi connectivity index (χ2n) is 6.36. The topological polar surface area (TPSA) is 66.7 Å². The average Bonchev–Trinajstić information content (AvgIpc) is 2.90. The van der Waals surface area contributed by atoms with Crippen LogP contribution in [0.2, 0.25) is 0 Å². The fraction of sp³-hybridized carbons (Fsp3) is 0.562. The molecular weight excluding hydrogens is 282 g/mol. The SMILES string of the molecule is CN1CC[C@@H]2CCN(C(=O)Cc3cccc([N+](=O)[O-])c3)[C@@H]2C1. The molecule has 0 aromatic heterocycles. The van der Waals surface area contributed by atoms with Crippen molar-refractivity contribution in [1.29, 1.82) is 0 Å². The quantitative estimate of drug-likeness (QED) is 0.629. The van der Waals surface area contributed by atoms with Gasteiger partial charge in [0.25, 0.3) is 5.69 Å². The van der Waals surface area contributed by atoms with Crippen molar-refractivity contribution in [1.82, 2.24) is 9.80 Å². The van der Waals surface area contributed by atoms with Gasteiger partial charge in [0.1, 0.15) is 0 Å². The van der Waals surface area contributed by atoms with Gasteiger partial charge in [0.05, 0.1) is 11.3 Å². The van der Waals surface area contributed by atoms with E-state index in [-0.39, 0.29) is 18.0 Å². The van der Waals surface area contributed by atoms with Gasteiger partial charge in [-0.15, -0.1) is 0 Å². The highest BCUT2D eigenvalue weighted by Crippen LogP contribution is 2.31. The molecule has 2 atom stereocenters. The largest absolute Gasteiger partial charge is 0.338 e. The Balaban J connectivity index is 1.69. The molecule has 1 aromatic carbocycles. The molecule has 0 saturated carbocycles. The molecule has 0 unspecified atom stereocenters. The van der Waals surface area contributed by atoms with Crippen LogP contribution in [0.1, 0.15) is 18.4 Å². The van der Waals surface area contributed by atoms with Crippen molar-refractivity contribution in [2.75, 3.05) is 26.7 Å². The molecule has 2 heterocycles. The summed E-state index contributed by atoms with van der Waals surface area (Å²) in [6.45, 7) is 2.86. The molecule has 22 heavy (non-hydrogen) atoms. The molecule has 6 heteroatoms. The van der Waals surface area contributed by atoms with Crippen molar-refractivity contribution in [3.05, 3.63) is 39.9 Å². The molecule has 0 aliphatic carbocycles. The molecule has 3 rings (SSSR count). The molecular formula is C16H21N3O3. The minimum atomic E-state index is -0.421. The van der Waals surface area contributed by atoms with Crippen LogP contribution in [0.4, 0.5) is 5.69 Å². The molecule has 6 nitrogen and oxygen atoms in total. The van der Waals surface area contributed by atoms with E-state index in [9.17, 15) is 14.9 Å². The summed E-state index contributed by atoms with van der Waals surface area (Å²) in [5.41, 5.74) is 0.758. The molecule has 1 amide bonds. The van der Waals surface area contributed by atoms with E-state index < -0.39 is 4.92 Å². The summed E-state index contributed by atoms with van der Waals surface area (Å²) < 4.78 is 0. The van der Waals surface area contributed by atoms with Crippen LogP contribution < -0.4 is 0 Å². The van der Waals surface area contributed by atoms with Crippen LogP contribution in [-0.2, 0) is 11.2 Å². The third-order valence-corrected chi connectivity index (χ3v) is 4.86. The zero-order chi connectivity index (χ0) is 15.7. The van der Waals surface area contributed by atoms with Gasteiger partial charge in [-0.25, -0.2) is 0 Å². The highest BCUT2D eigenvalue weighted by molar-refractivity contribution is 5.79. The lowest BCUT2D eigenvalue weighted by Crippen LogP contribution is -2.48. The van der Waals surface area contributed by atoms with Crippen LogP contribution in [-0.4, -0.2) is 53.4 Å². The first kappa shape index (κ1) is 15.0. The molecule has 1 aromatic rings. The standard InChI is InChI=1S/C16H21N3O3/c1-17-7-5-13-6-8-18(15(13)11-17)16(20)10-12-3-2-4-14(9-12)19(21)22/h2-4,9,13,15H,5-8,10-11H2,1H3/t13-,15-/m1/s1. The molecule has 2 saturated heterocycles. The van der Waals surface area contributed by atoms with Gasteiger partial charge in [0.15, 0.2) is 0 Å². The number of nitrogens with zero attached hydrogens (tertiary/aromatic N) is 3. The van der Waals surface area contributed by atoms with Gasteiger partial charge in [-0.1, -0.05) is 12.1 Å². The number of carbonyl (C=O) groups is 1. The number of carbonyl (C=O) groups excluding carboxylic acids is 1. The van der Waals surface area contributed by atoms with Crippen LogP contribution in [0.15, 0.2) is 24.3 Å². The fourth-order valence-corrected chi connectivity index (χ4v) is 3.66. The lowest BCUT2D eigenvalue weighted by atomic mass is 9.92. The molecule has 2 aliphatic rings. The van der Waals surface area contributed by atoms with Crippen molar-refractivity contribution < 1.29 is 9.72 Å². The number of rotatable bonds is 3. The molecule has 118 valence electrons. The molecule has 0 N–H and O–H groups in total. The summed E-state index contributed by atoms with van der Waals surface area (Å²) in [5, 5.41) is 10.8. The van der Waals surface area contributed by atoms with Crippen LogP contribution in [0.25, 0.3) is 0 Å². The number of non-ortho nitro benzene ring substituents is 1. The fourth-order valence-electron chi connectivity index (χ4n) is 3.66. The Kier molecular flexibility index (Phi) is 4.11. The van der Waals surface area contributed by atoms with Gasteiger partial charge in [-0.3, -0.25) is 14.9 Å². The van der Waals surface area contributed by atoms with Crippen molar-refractivity contribution in [2.24, 2.45) is 5.92 Å². The van der Waals surface area contributed by atoms with Crippen LogP contribution in [0.3, 0.4) is 0 Å². The number of fused-ring (bicyclic) bond motifs is 1. The number of piperidine rings is 1. The number of nitro benzene ring substituents is 1.